The van der Waals surface area contributed by atoms with Crippen molar-refractivity contribution < 1.29 is 18.0 Å². The lowest BCUT2D eigenvalue weighted by Crippen LogP contribution is -2.14. The van der Waals surface area contributed by atoms with Crippen molar-refractivity contribution >= 4 is 17.7 Å². The van der Waals surface area contributed by atoms with E-state index < -0.39 is 17.4 Å². The summed E-state index contributed by atoms with van der Waals surface area (Å²) in [4.78, 5) is 11.5. The fourth-order valence-corrected chi connectivity index (χ4v) is 1.47. The van der Waals surface area contributed by atoms with Crippen molar-refractivity contribution in [2.24, 2.45) is 0 Å². The smallest absolute Gasteiger partial charge is 0.398 e. The van der Waals surface area contributed by atoms with Crippen LogP contribution in [-0.4, -0.2) is 12.0 Å². The van der Waals surface area contributed by atoms with E-state index in [1.807, 2.05) is 0 Å². The van der Waals surface area contributed by atoms with E-state index in [0.29, 0.717) is 6.21 Å². The zero-order valence-corrected chi connectivity index (χ0v) is 9.06. The van der Waals surface area contributed by atoms with Crippen LogP contribution in [0.5, 0.6) is 0 Å². The van der Waals surface area contributed by atoms with Gasteiger partial charge < -0.3 is 11.1 Å². The van der Waals surface area contributed by atoms with Gasteiger partial charge in [-0.25, -0.2) is 0 Å². The van der Waals surface area contributed by atoms with Crippen molar-refractivity contribution in [3.63, 3.8) is 0 Å². The van der Waals surface area contributed by atoms with Gasteiger partial charge in [0, 0.05) is 23.8 Å². The van der Waals surface area contributed by atoms with Gasteiger partial charge in [-0.15, -0.1) is 0 Å². The summed E-state index contributed by atoms with van der Waals surface area (Å²) < 4.78 is 37.6. The SMILES string of the molecule is CCC(=O)c1ccc(C(F)(F)F)c(N)c1C=N. The molecule has 3 N–H and O–H groups in total. The second-order valence-electron chi connectivity index (χ2n) is 3.41. The number of carbonyl (C=O) groups is 1. The molecule has 1 rings (SSSR count). The minimum absolute atomic E-state index is 0.0491. The number of Topliss-reactive ketones (excluding diaryl/α,β-unsaturated/α-hetero) is 1. The summed E-state index contributed by atoms with van der Waals surface area (Å²) in [5.41, 5.74) is 3.62. The molecule has 17 heavy (non-hydrogen) atoms. The molecule has 6 heteroatoms. The molecule has 0 fully saturated rings. The van der Waals surface area contributed by atoms with E-state index >= 15 is 0 Å². The van der Waals surface area contributed by atoms with Gasteiger partial charge in [-0.3, -0.25) is 4.79 Å². The number of nitrogens with two attached hydrogens (primary N) is 1. The monoisotopic (exact) mass is 244 g/mol. The standard InChI is InChI=1S/C11H11F3N2O/c1-2-9(17)6-3-4-8(11(12,13)14)10(16)7(6)5-15/h3-5,15H,2,16H2,1H3. The molecule has 0 aliphatic heterocycles. The molecule has 1 aromatic rings. The Morgan fingerprint density at radius 3 is 2.47 bits per heavy atom. The first kappa shape index (κ1) is 13.2. The largest absolute Gasteiger partial charge is 0.418 e. The Labute approximate surface area is 95.9 Å². The highest BCUT2D eigenvalue weighted by Gasteiger charge is 2.34. The van der Waals surface area contributed by atoms with E-state index in [9.17, 15) is 18.0 Å². The summed E-state index contributed by atoms with van der Waals surface area (Å²) in [6, 6.07) is 1.83. The number of rotatable bonds is 3. The molecule has 3 nitrogen and oxygen atoms in total. The van der Waals surface area contributed by atoms with Crippen molar-refractivity contribution in [3.05, 3.63) is 28.8 Å². The molecule has 1 aromatic carbocycles. The molecule has 0 aliphatic rings. The second kappa shape index (κ2) is 4.57. The summed E-state index contributed by atoms with van der Waals surface area (Å²) in [7, 11) is 0. The van der Waals surface area contributed by atoms with E-state index in [2.05, 4.69) is 0 Å². The van der Waals surface area contributed by atoms with Crippen LogP contribution in [0.3, 0.4) is 0 Å². The van der Waals surface area contributed by atoms with Crippen LogP contribution in [0, 0.1) is 5.41 Å². The maximum absolute atomic E-state index is 12.5. The van der Waals surface area contributed by atoms with Gasteiger partial charge in [-0.1, -0.05) is 6.92 Å². The first-order valence-corrected chi connectivity index (χ1v) is 4.86. The Morgan fingerprint density at radius 2 is 2.06 bits per heavy atom. The van der Waals surface area contributed by atoms with Crippen molar-refractivity contribution in [3.8, 4) is 0 Å². The molecule has 0 amide bonds. The lowest BCUT2D eigenvalue weighted by molar-refractivity contribution is -0.136. The van der Waals surface area contributed by atoms with Crippen molar-refractivity contribution in [2.45, 2.75) is 19.5 Å². The highest BCUT2D eigenvalue weighted by Crippen LogP contribution is 2.35. The van der Waals surface area contributed by atoms with Crippen LogP contribution in [-0.2, 0) is 6.18 Å². The maximum Gasteiger partial charge on any atom is 0.418 e. The van der Waals surface area contributed by atoms with Gasteiger partial charge in [0.2, 0.25) is 0 Å². The topological polar surface area (TPSA) is 66.9 Å². The molecule has 0 heterocycles. The van der Waals surface area contributed by atoms with Gasteiger partial charge in [0.15, 0.2) is 5.78 Å². The molecule has 0 aromatic heterocycles. The molecule has 0 saturated heterocycles. The summed E-state index contributed by atoms with van der Waals surface area (Å²) >= 11 is 0. The van der Waals surface area contributed by atoms with Crippen molar-refractivity contribution in [2.75, 3.05) is 5.73 Å². The molecule has 0 saturated carbocycles. The predicted octanol–water partition coefficient (Wildman–Crippen LogP) is 2.88. The minimum Gasteiger partial charge on any atom is -0.398 e. The van der Waals surface area contributed by atoms with Gasteiger partial charge in [0.25, 0.3) is 0 Å². The number of nitrogen functional groups attached to an aromatic ring is 1. The third-order valence-corrected chi connectivity index (χ3v) is 2.36. The number of hydrogen-bond acceptors (Lipinski definition) is 3. The Bertz CT molecular complexity index is 467. The van der Waals surface area contributed by atoms with Gasteiger partial charge >= 0.3 is 6.18 Å². The van der Waals surface area contributed by atoms with E-state index in [1.165, 1.54) is 0 Å². The number of hydrogen-bond donors (Lipinski definition) is 2. The fourth-order valence-electron chi connectivity index (χ4n) is 1.47. The van der Waals surface area contributed by atoms with Gasteiger partial charge in [-0.2, -0.15) is 13.2 Å². The molecular weight excluding hydrogens is 233 g/mol. The average Bonchev–Trinajstić information content (AvgIpc) is 2.25. The summed E-state index contributed by atoms with van der Waals surface area (Å²) in [6.45, 7) is 1.59. The second-order valence-corrected chi connectivity index (χ2v) is 3.41. The molecule has 0 aliphatic carbocycles. The lowest BCUT2D eigenvalue weighted by atomic mass is 9.97. The van der Waals surface area contributed by atoms with Crippen LogP contribution < -0.4 is 5.73 Å². The van der Waals surface area contributed by atoms with Gasteiger partial charge in [0.1, 0.15) is 0 Å². The summed E-state index contributed by atoms with van der Waals surface area (Å²) in [5, 5.41) is 7.07. The molecule has 0 unspecified atom stereocenters. The maximum atomic E-state index is 12.5. The van der Waals surface area contributed by atoms with Crippen LogP contribution in [0.4, 0.5) is 18.9 Å². The normalized spacial score (nSPS) is 11.3. The van der Waals surface area contributed by atoms with Crippen LogP contribution in [0.15, 0.2) is 12.1 Å². The number of nitrogens with one attached hydrogen (secondary N) is 1. The van der Waals surface area contributed by atoms with Gasteiger partial charge in [-0.05, 0) is 12.1 Å². The van der Waals surface area contributed by atoms with Gasteiger partial charge in [0.05, 0.1) is 11.3 Å². The van der Waals surface area contributed by atoms with E-state index in [1.54, 1.807) is 6.92 Å². The number of anilines is 1. The molecule has 0 spiro atoms. The number of ketones is 1. The molecule has 92 valence electrons. The third kappa shape index (κ3) is 2.46. The number of benzene rings is 1. The average molecular weight is 244 g/mol. The molecular formula is C11H11F3N2O. The molecule has 0 radical (unpaired) electrons. The first-order chi connectivity index (χ1) is 7.82. The van der Waals surface area contributed by atoms with Crippen LogP contribution in [0.25, 0.3) is 0 Å². The zero-order chi connectivity index (χ0) is 13.2. The third-order valence-electron chi connectivity index (χ3n) is 2.36. The minimum atomic E-state index is -4.59. The Morgan fingerprint density at radius 1 is 1.47 bits per heavy atom. The van der Waals surface area contributed by atoms with E-state index in [4.69, 9.17) is 11.1 Å². The fraction of sp³-hybridized carbons (Fsp3) is 0.273. The number of carbonyl (C=O) groups excluding carboxylic acids is 1. The predicted molar refractivity (Wildman–Crippen MR) is 58.4 cm³/mol. The zero-order valence-electron chi connectivity index (χ0n) is 9.06. The highest BCUT2D eigenvalue weighted by molar-refractivity contribution is 6.06. The van der Waals surface area contributed by atoms with Crippen molar-refractivity contribution in [1.29, 1.82) is 5.41 Å². The Balaban J connectivity index is 3.48. The van der Waals surface area contributed by atoms with Crippen molar-refractivity contribution in [1.82, 2.24) is 0 Å². The van der Waals surface area contributed by atoms with E-state index in [0.717, 1.165) is 12.1 Å². The highest BCUT2D eigenvalue weighted by atomic mass is 19.4. The quantitative estimate of drug-likeness (QED) is 0.487. The van der Waals surface area contributed by atoms with Crippen LogP contribution in [0.1, 0.15) is 34.8 Å². The summed E-state index contributed by atoms with van der Waals surface area (Å²) in [5.74, 6) is -0.344. The molecule has 0 atom stereocenters. The first-order valence-electron chi connectivity index (χ1n) is 4.86. The number of halogens is 3. The lowest BCUT2D eigenvalue weighted by Gasteiger charge is -2.14. The van der Waals surface area contributed by atoms with E-state index in [-0.39, 0.29) is 23.3 Å². The number of alkyl halides is 3. The summed E-state index contributed by atoms with van der Waals surface area (Å²) in [6.07, 6.45) is -3.77. The molecule has 0 bridgehead atoms. The van der Waals surface area contributed by atoms with Crippen LogP contribution in [0.2, 0.25) is 0 Å². The van der Waals surface area contributed by atoms with Crippen LogP contribution >= 0.6 is 0 Å². The Hall–Kier alpha value is -1.85. The Kier molecular flexibility index (Phi) is 3.55.